The monoisotopic (exact) mass is 188 g/mol. The van der Waals surface area contributed by atoms with Crippen molar-refractivity contribution in [3.8, 4) is 0 Å². The molecule has 0 aromatic heterocycles. The van der Waals surface area contributed by atoms with Crippen LogP contribution in [0.1, 0.15) is 0 Å². The van der Waals surface area contributed by atoms with E-state index in [4.69, 9.17) is 23.2 Å². The number of hydrogen-bond donors (Lipinski definition) is 0. The third-order valence-corrected chi connectivity index (χ3v) is 1.65. The molecule has 0 atom stereocenters. The summed E-state index contributed by atoms with van der Waals surface area (Å²) in [6.07, 6.45) is 0.428. The van der Waals surface area contributed by atoms with Crippen LogP contribution in [0.15, 0.2) is 18.2 Å². The highest BCUT2D eigenvalue weighted by Crippen LogP contribution is 2.24. The van der Waals surface area contributed by atoms with Crippen molar-refractivity contribution in [1.29, 1.82) is 0 Å². The molecular weight excluding hydrogens is 185 g/mol. The number of hydrogen-bond acceptors (Lipinski definition) is 1. The smallest absolute Gasteiger partial charge is 0.233 e. The molecule has 0 fully saturated rings. The fraction of sp³-hybridized carbons (Fsp3) is 0. The summed E-state index contributed by atoms with van der Waals surface area (Å²) < 4.78 is 0. The highest BCUT2D eigenvalue weighted by molar-refractivity contribution is 6.35. The Morgan fingerprint density at radius 1 is 1.36 bits per heavy atom. The Morgan fingerprint density at radius 3 is 2.73 bits per heavy atom. The minimum Gasteiger partial charge on any atom is -0.276 e. The lowest BCUT2D eigenvalue weighted by Crippen LogP contribution is -1.92. The zero-order valence-electron chi connectivity index (χ0n) is 5.42. The summed E-state index contributed by atoms with van der Waals surface area (Å²) in [6, 6.07) is 4.75. The fourth-order valence-corrected chi connectivity index (χ4v) is 0.974. The second kappa shape index (κ2) is 3.60. The molecule has 0 aliphatic heterocycles. The average molecular weight is 189 g/mol. The van der Waals surface area contributed by atoms with Gasteiger partial charge in [0, 0.05) is 5.02 Å². The van der Waals surface area contributed by atoms with E-state index in [1.165, 1.54) is 6.07 Å². The molecule has 1 amide bonds. The summed E-state index contributed by atoms with van der Waals surface area (Å²) in [5.41, 5.74) is 0.397. The molecule has 0 aliphatic rings. The van der Waals surface area contributed by atoms with Crippen LogP contribution in [0.4, 0.5) is 5.69 Å². The van der Waals surface area contributed by atoms with Gasteiger partial charge in [0.1, 0.15) is 0 Å². The van der Waals surface area contributed by atoms with E-state index in [2.05, 4.69) is 5.32 Å². The first-order valence-electron chi connectivity index (χ1n) is 2.83. The van der Waals surface area contributed by atoms with Crippen LogP contribution >= 0.6 is 23.2 Å². The van der Waals surface area contributed by atoms with E-state index >= 15 is 0 Å². The Kier molecular flexibility index (Phi) is 2.74. The van der Waals surface area contributed by atoms with Gasteiger partial charge in [0.05, 0.1) is 10.7 Å². The highest BCUT2D eigenvalue weighted by atomic mass is 35.5. The normalized spacial score (nSPS) is 9.27. The van der Waals surface area contributed by atoms with Gasteiger partial charge in [0.25, 0.3) is 0 Å². The quantitative estimate of drug-likeness (QED) is 0.657. The molecule has 0 unspecified atom stereocenters. The average Bonchev–Trinajstić information content (AvgIpc) is 1.98. The molecule has 0 aliphatic carbocycles. The summed E-state index contributed by atoms with van der Waals surface area (Å²) >= 11 is 11.3. The van der Waals surface area contributed by atoms with Crippen molar-refractivity contribution in [2.45, 2.75) is 0 Å². The van der Waals surface area contributed by atoms with Gasteiger partial charge in [-0.05, 0) is 18.2 Å². The molecule has 57 valence electrons. The van der Waals surface area contributed by atoms with Crippen LogP contribution in [0.25, 0.3) is 0 Å². The standard InChI is InChI=1S/C7H4Cl2NO/c8-5-1-2-6(9)7(3-5)10-4-11/h1-4H. The number of benzene rings is 1. The molecule has 4 heteroatoms. The zero-order chi connectivity index (χ0) is 8.27. The summed E-state index contributed by atoms with van der Waals surface area (Å²) in [5.74, 6) is 0. The number of halogens is 2. The second-order valence-corrected chi connectivity index (χ2v) is 2.67. The van der Waals surface area contributed by atoms with Gasteiger partial charge in [-0.15, -0.1) is 0 Å². The zero-order valence-corrected chi connectivity index (χ0v) is 6.93. The number of rotatable bonds is 2. The van der Waals surface area contributed by atoms with E-state index in [-0.39, 0.29) is 0 Å². The van der Waals surface area contributed by atoms with Crippen molar-refractivity contribution in [3.05, 3.63) is 28.2 Å². The third kappa shape index (κ3) is 2.10. The molecule has 0 saturated carbocycles. The van der Waals surface area contributed by atoms with E-state index < -0.39 is 0 Å². The van der Waals surface area contributed by atoms with Crippen molar-refractivity contribution >= 4 is 35.3 Å². The van der Waals surface area contributed by atoms with Gasteiger partial charge in [0.15, 0.2) is 0 Å². The van der Waals surface area contributed by atoms with Crippen molar-refractivity contribution in [3.63, 3.8) is 0 Å². The number of carbonyl (C=O) groups is 1. The van der Waals surface area contributed by atoms with Crippen LogP contribution in [0.5, 0.6) is 0 Å². The summed E-state index contributed by atoms with van der Waals surface area (Å²) in [5, 5.41) is 4.40. The topological polar surface area (TPSA) is 31.2 Å². The van der Waals surface area contributed by atoms with E-state index in [1.54, 1.807) is 12.1 Å². The van der Waals surface area contributed by atoms with Crippen molar-refractivity contribution < 1.29 is 4.79 Å². The predicted octanol–water partition coefficient (Wildman–Crippen LogP) is 2.39. The molecule has 0 N–H and O–H groups in total. The van der Waals surface area contributed by atoms with Gasteiger partial charge < -0.3 is 0 Å². The van der Waals surface area contributed by atoms with Gasteiger partial charge in [0.2, 0.25) is 6.41 Å². The fourth-order valence-electron chi connectivity index (χ4n) is 0.642. The van der Waals surface area contributed by atoms with Crippen LogP contribution in [-0.4, -0.2) is 6.41 Å². The Morgan fingerprint density at radius 2 is 2.09 bits per heavy atom. The lowest BCUT2D eigenvalue weighted by Gasteiger charge is -1.98. The minimum absolute atomic E-state index is 0.397. The Labute approximate surface area is 74.1 Å². The van der Waals surface area contributed by atoms with E-state index in [1.807, 2.05) is 0 Å². The van der Waals surface area contributed by atoms with Gasteiger partial charge in [-0.2, -0.15) is 0 Å². The first-order chi connectivity index (χ1) is 5.24. The molecule has 1 aromatic carbocycles. The van der Waals surface area contributed by atoms with E-state index in [9.17, 15) is 4.79 Å². The molecule has 0 spiro atoms. The summed E-state index contributed by atoms with van der Waals surface area (Å²) in [7, 11) is 0. The van der Waals surface area contributed by atoms with Gasteiger partial charge >= 0.3 is 0 Å². The Hall–Kier alpha value is -0.730. The maximum absolute atomic E-state index is 9.97. The van der Waals surface area contributed by atoms with Gasteiger partial charge in [-0.25, -0.2) is 5.32 Å². The van der Waals surface area contributed by atoms with Gasteiger partial charge in [-0.1, -0.05) is 23.2 Å². The molecule has 0 saturated heterocycles. The van der Waals surface area contributed by atoms with Crippen molar-refractivity contribution in [2.24, 2.45) is 0 Å². The van der Waals surface area contributed by atoms with E-state index in [0.717, 1.165) is 0 Å². The lowest BCUT2D eigenvalue weighted by molar-refractivity contribution is -0.108. The van der Waals surface area contributed by atoms with Crippen molar-refractivity contribution in [1.82, 2.24) is 5.32 Å². The van der Waals surface area contributed by atoms with Crippen LogP contribution in [0, 0.1) is 0 Å². The SMILES string of the molecule is O=C[N]c1cc(Cl)ccc1Cl. The van der Waals surface area contributed by atoms with Gasteiger partial charge in [-0.3, -0.25) is 4.79 Å². The molecule has 1 aromatic rings. The maximum Gasteiger partial charge on any atom is 0.233 e. The van der Waals surface area contributed by atoms with E-state index in [0.29, 0.717) is 22.1 Å². The Balaban J connectivity index is 3.01. The molecule has 0 heterocycles. The van der Waals surface area contributed by atoms with Crippen LogP contribution in [-0.2, 0) is 4.79 Å². The number of nitrogens with zero attached hydrogens (tertiary/aromatic N) is 1. The molecule has 1 radical (unpaired) electrons. The minimum atomic E-state index is 0.397. The molecule has 2 nitrogen and oxygen atoms in total. The second-order valence-electron chi connectivity index (χ2n) is 1.83. The molecule has 11 heavy (non-hydrogen) atoms. The third-order valence-electron chi connectivity index (χ3n) is 1.10. The summed E-state index contributed by atoms with van der Waals surface area (Å²) in [4.78, 5) is 9.97. The summed E-state index contributed by atoms with van der Waals surface area (Å²) in [6.45, 7) is 0. The number of carbonyl (C=O) groups excluding carboxylic acids is 1. The largest absolute Gasteiger partial charge is 0.276 e. The first-order valence-corrected chi connectivity index (χ1v) is 3.59. The van der Waals surface area contributed by atoms with Crippen molar-refractivity contribution in [2.75, 3.05) is 0 Å². The highest BCUT2D eigenvalue weighted by Gasteiger charge is 2.00. The van der Waals surface area contributed by atoms with Crippen LogP contribution in [0.2, 0.25) is 10.0 Å². The molecular formula is C7H4Cl2NO. The maximum atomic E-state index is 9.97. The van der Waals surface area contributed by atoms with Crippen LogP contribution < -0.4 is 5.32 Å². The molecule has 0 bridgehead atoms. The van der Waals surface area contributed by atoms with Crippen LogP contribution in [0.3, 0.4) is 0 Å². The number of amides is 1. The Bertz CT molecular complexity index is 275. The first kappa shape index (κ1) is 8.37. The molecule has 1 rings (SSSR count). The predicted molar refractivity (Wildman–Crippen MR) is 44.3 cm³/mol. The lowest BCUT2D eigenvalue weighted by atomic mass is 10.3.